The molecule has 2 heterocycles. The Hall–Kier alpha value is -3.17. The zero-order chi connectivity index (χ0) is 20.5. The normalized spacial score (nSPS) is 15.1. The van der Waals surface area contributed by atoms with E-state index in [1.165, 1.54) is 7.11 Å². The van der Waals surface area contributed by atoms with Crippen molar-refractivity contribution in [1.29, 1.82) is 5.26 Å². The molecule has 2 aromatic carbocycles. The molecule has 0 saturated carbocycles. The lowest BCUT2D eigenvalue weighted by atomic mass is 10.0. The number of carbonyl (C=O) groups is 1. The number of fused-ring (bicyclic) bond motifs is 3. The van der Waals surface area contributed by atoms with E-state index >= 15 is 0 Å². The predicted molar refractivity (Wildman–Crippen MR) is 109 cm³/mol. The third-order valence-corrected chi connectivity index (χ3v) is 5.71. The number of aromatic nitrogens is 1. The molecule has 1 aliphatic heterocycles. The standard InChI is InChI=1S/C22H19ClN2O4/c1-28-19-5-2-13(8-15(19)11-24)12-29-16-3-4-18-17(10-16)21(23)22-14(9-20(26)27)6-7-25(18)22/h2-5,8,10,14H,6-7,9,12H2,1H3,(H,26,27)/t14-/m0/s1. The first-order valence-electron chi connectivity index (χ1n) is 9.25. The van der Waals surface area contributed by atoms with Crippen LogP contribution in [0.25, 0.3) is 10.9 Å². The smallest absolute Gasteiger partial charge is 0.304 e. The fourth-order valence-electron chi connectivity index (χ4n) is 3.97. The van der Waals surface area contributed by atoms with E-state index in [0.717, 1.165) is 35.1 Å². The van der Waals surface area contributed by atoms with Gasteiger partial charge in [0.2, 0.25) is 0 Å². The zero-order valence-electron chi connectivity index (χ0n) is 15.8. The molecule has 0 amide bonds. The average Bonchev–Trinajstić information content (AvgIpc) is 3.25. The highest BCUT2D eigenvalue weighted by Crippen LogP contribution is 2.43. The first-order chi connectivity index (χ1) is 14.0. The minimum absolute atomic E-state index is 0.0690. The summed E-state index contributed by atoms with van der Waals surface area (Å²) >= 11 is 6.62. The molecule has 0 unspecified atom stereocenters. The lowest BCUT2D eigenvalue weighted by Gasteiger charge is -2.09. The molecular weight excluding hydrogens is 392 g/mol. The van der Waals surface area contributed by atoms with Crippen LogP contribution in [0, 0.1) is 11.3 Å². The van der Waals surface area contributed by atoms with Crippen LogP contribution in [0.3, 0.4) is 0 Å². The summed E-state index contributed by atoms with van der Waals surface area (Å²) in [5.41, 5.74) is 3.20. The number of aryl methyl sites for hydroxylation is 1. The number of halogens is 1. The fourth-order valence-corrected chi connectivity index (χ4v) is 4.38. The molecule has 0 radical (unpaired) electrons. The molecule has 3 aromatic rings. The van der Waals surface area contributed by atoms with Gasteiger partial charge in [-0.25, -0.2) is 0 Å². The summed E-state index contributed by atoms with van der Waals surface area (Å²) in [7, 11) is 1.53. The van der Waals surface area contributed by atoms with Crippen molar-refractivity contribution >= 4 is 28.5 Å². The number of hydrogen-bond donors (Lipinski definition) is 1. The van der Waals surface area contributed by atoms with E-state index in [0.29, 0.717) is 28.7 Å². The Balaban J connectivity index is 1.58. The van der Waals surface area contributed by atoms with Crippen LogP contribution in [0.15, 0.2) is 36.4 Å². The van der Waals surface area contributed by atoms with Crippen molar-refractivity contribution in [2.75, 3.05) is 7.11 Å². The number of aliphatic carboxylic acids is 1. The molecule has 4 rings (SSSR count). The van der Waals surface area contributed by atoms with Gasteiger partial charge in [0.05, 0.1) is 29.6 Å². The van der Waals surface area contributed by atoms with Gasteiger partial charge >= 0.3 is 5.97 Å². The van der Waals surface area contributed by atoms with Crippen molar-refractivity contribution in [3.63, 3.8) is 0 Å². The lowest BCUT2D eigenvalue weighted by molar-refractivity contribution is -0.137. The summed E-state index contributed by atoms with van der Waals surface area (Å²) < 4.78 is 13.2. The third kappa shape index (κ3) is 3.50. The number of hydrogen-bond acceptors (Lipinski definition) is 4. The van der Waals surface area contributed by atoms with Gasteiger partial charge in [0.1, 0.15) is 24.2 Å². The Kier molecular flexibility index (Phi) is 5.08. The number of carboxylic acid groups (broad SMARTS) is 1. The van der Waals surface area contributed by atoms with Gasteiger partial charge in [0.25, 0.3) is 0 Å². The SMILES string of the molecule is COc1ccc(COc2ccc3c(c2)c(Cl)c2n3CC[C@H]2CC(=O)O)cc1C#N. The Labute approximate surface area is 172 Å². The summed E-state index contributed by atoms with van der Waals surface area (Å²) in [4.78, 5) is 11.2. The van der Waals surface area contributed by atoms with Gasteiger partial charge in [-0.3, -0.25) is 4.79 Å². The second-order valence-electron chi connectivity index (χ2n) is 7.05. The van der Waals surface area contributed by atoms with E-state index in [1.807, 2.05) is 24.3 Å². The van der Waals surface area contributed by atoms with Crippen molar-refractivity contribution < 1.29 is 19.4 Å². The highest BCUT2D eigenvalue weighted by atomic mass is 35.5. The first kappa shape index (κ1) is 19.2. The predicted octanol–water partition coefficient (Wildman–Crippen LogP) is 4.72. The summed E-state index contributed by atoms with van der Waals surface area (Å²) in [6, 6.07) is 13.2. The minimum Gasteiger partial charge on any atom is -0.495 e. The maximum Gasteiger partial charge on any atom is 0.304 e. The van der Waals surface area contributed by atoms with E-state index in [4.69, 9.17) is 26.2 Å². The Morgan fingerprint density at radius 3 is 2.90 bits per heavy atom. The van der Waals surface area contributed by atoms with Gasteiger partial charge in [-0.1, -0.05) is 17.7 Å². The van der Waals surface area contributed by atoms with Crippen molar-refractivity contribution in [3.8, 4) is 17.6 Å². The van der Waals surface area contributed by atoms with Gasteiger partial charge in [0, 0.05) is 23.5 Å². The molecule has 0 spiro atoms. The molecule has 7 heteroatoms. The van der Waals surface area contributed by atoms with Crippen LogP contribution in [0.1, 0.15) is 35.6 Å². The second-order valence-corrected chi connectivity index (χ2v) is 7.43. The van der Waals surface area contributed by atoms with Gasteiger partial charge in [0.15, 0.2) is 0 Å². The Bertz CT molecular complexity index is 1150. The van der Waals surface area contributed by atoms with Crippen LogP contribution >= 0.6 is 11.6 Å². The molecule has 1 aliphatic rings. The van der Waals surface area contributed by atoms with Crippen LogP contribution < -0.4 is 9.47 Å². The number of rotatable bonds is 6. The van der Waals surface area contributed by atoms with E-state index in [9.17, 15) is 10.1 Å². The van der Waals surface area contributed by atoms with E-state index < -0.39 is 5.97 Å². The molecule has 6 nitrogen and oxygen atoms in total. The fraction of sp³-hybridized carbons (Fsp3) is 0.273. The molecule has 29 heavy (non-hydrogen) atoms. The third-order valence-electron chi connectivity index (χ3n) is 5.31. The Morgan fingerprint density at radius 1 is 1.34 bits per heavy atom. The van der Waals surface area contributed by atoms with Crippen molar-refractivity contribution in [1.82, 2.24) is 4.57 Å². The lowest BCUT2D eigenvalue weighted by Crippen LogP contribution is -2.03. The summed E-state index contributed by atoms with van der Waals surface area (Å²) in [6.45, 7) is 1.07. The number of nitriles is 1. The van der Waals surface area contributed by atoms with Crippen LogP contribution in [-0.4, -0.2) is 22.8 Å². The zero-order valence-corrected chi connectivity index (χ0v) is 16.6. The second kappa shape index (κ2) is 7.69. The highest BCUT2D eigenvalue weighted by Gasteiger charge is 2.30. The number of ether oxygens (including phenoxy) is 2. The van der Waals surface area contributed by atoms with Crippen molar-refractivity contribution in [3.05, 3.63) is 58.2 Å². The quantitative estimate of drug-likeness (QED) is 0.635. The molecule has 1 atom stereocenters. The monoisotopic (exact) mass is 410 g/mol. The topological polar surface area (TPSA) is 84.5 Å². The number of benzene rings is 2. The van der Waals surface area contributed by atoms with Crippen LogP contribution in [0.2, 0.25) is 5.02 Å². The van der Waals surface area contributed by atoms with Gasteiger partial charge in [-0.2, -0.15) is 5.26 Å². The molecular formula is C22H19ClN2O4. The molecule has 0 saturated heterocycles. The summed E-state index contributed by atoms with van der Waals surface area (Å²) in [5, 5.41) is 19.8. The molecule has 1 aromatic heterocycles. The molecule has 0 fully saturated rings. The van der Waals surface area contributed by atoms with Gasteiger partial charge < -0.3 is 19.1 Å². The van der Waals surface area contributed by atoms with E-state index in [-0.39, 0.29) is 12.3 Å². The average molecular weight is 411 g/mol. The molecule has 0 aliphatic carbocycles. The van der Waals surface area contributed by atoms with E-state index in [2.05, 4.69) is 10.6 Å². The largest absolute Gasteiger partial charge is 0.495 e. The molecule has 1 N–H and O–H groups in total. The van der Waals surface area contributed by atoms with Gasteiger partial charge in [-0.15, -0.1) is 0 Å². The molecule has 148 valence electrons. The summed E-state index contributed by atoms with van der Waals surface area (Å²) in [5.74, 6) is 0.307. The van der Waals surface area contributed by atoms with Crippen molar-refractivity contribution in [2.24, 2.45) is 0 Å². The van der Waals surface area contributed by atoms with Gasteiger partial charge in [-0.05, 0) is 42.3 Å². The van der Waals surface area contributed by atoms with Crippen LogP contribution in [0.5, 0.6) is 11.5 Å². The Morgan fingerprint density at radius 2 is 2.17 bits per heavy atom. The minimum atomic E-state index is -0.815. The van der Waals surface area contributed by atoms with Crippen LogP contribution in [0.4, 0.5) is 0 Å². The maximum absolute atomic E-state index is 11.2. The number of nitrogens with zero attached hydrogens (tertiary/aromatic N) is 2. The maximum atomic E-state index is 11.2. The first-order valence-corrected chi connectivity index (χ1v) is 9.63. The molecule has 0 bridgehead atoms. The number of carboxylic acids is 1. The highest BCUT2D eigenvalue weighted by molar-refractivity contribution is 6.36. The van der Waals surface area contributed by atoms with Crippen LogP contribution in [-0.2, 0) is 17.9 Å². The number of methoxy groups -OCH3 is 1. The van der Waals surface area contributed by atoms with Crippen molar-refractivity contribution in [2.45, 2.75) is 31.9 Å². The summed E-state index contributed by atoms with van der Waals surface area (Å²) in [6.07, 6.45) is 0.867. The van der Waals surface area contributed by atoms with E-state index in [1.54, 1.807) is 12.1 Å².